The minimum absolute atomic E-state index is 0.0416. The van der Waals surface area contributed by atoms with Crippen LogP contribution in [0.1, 0.15) is 19.8 Å². The van der Waals surface area contributed by atoms with Crippen LogP contribution in [0.25, 0.3) is 0 Å². The summed E-state index contributed by atoms with van der Waals surface area (Å²) in [6, 6.07) is 7.04. The van der Waals surface area contributed by atoms with Gasteiger partial charge in [0.25, 0.3) is 16.1 Å². The van der Waals surface area contributed by atoms with Gasteiger partial charge in [0.15, 0.2) is 6.61 Å². The Kier molecular flexibility index (Phi) is 7.24. The topological polar surface area (TPSA) is 88.2 Å². The molecule has 2 rings (SSSR count). The molecule has 0 spiro atoms. The summed E-state index contributed by atoms with van der Waals surface area (Å²) in [7, 11) is -0.356. The first kappa shape index (κ1) is 20.5. The SMILES string of the molecule is CCOc1ccc(OCC(=O)NC2CCN(S(=O)(=O)N(C)C)CC2)cc1. The van der Waals surface area contributed by atoms with E-state index in [4.69, 9.17) is 9.47 Å². The summed E-state index contributed by atoms with van der Waals surface area (Å²) < 4.78 is 37.6. The van der Waals surface area contributed by atoms with Crippen molar-refractivity contribution in [3.63, 3.8) is 0 Å². The maximum atomic E-state index is 12.1. The molecule has 0 radical (unpaired) electrons. The second kappa shape index (κ2) is 9.20. The zero-order chi connectivity index (χ0) is 19.2. The quantitative estimate of drug-likeness (QED) is 0.717. The first-order valence-electron chi connectivity index (χ1n) is 8.65. The van der Waals surface area contributed by atoms with Gasteiger partial charge in [-0.2, -0.15) is 17.0 Å². The average Bonchev–Trinajstić information content (AvgIpc) is 2.62. The van der Waals surface area contributed by atoms with Crippen molar-refractivity contribution in [2.75, 3.05) is 40.4 Å². The highest BCUT2D eigenvalue weighted by Crippen LogP contribution is 2.18. The van der Waals surface area contributed by atoms with Gasteiger partial charge in [0.1, 0.15) is 11.5 Å². The van der Waals surface area contributed by atoms with Crippen LogP contribution in [-0.2, 0) is 15.0 Å². The number of amides is 1. The van der Waals surface area contributed by atoms with Crippen molar-refractivity contribution in [2.24, 2.45) is 0 Å². The van der Waals surface area contributed by atoms with Gasteiger partial charge in [0.05, 0.1) is 6.61 Å². The van der Waals surface area contributed by atoms with E-state index in [9.17, 15) is 13.2 Å². The van der Waals surface area contributed by atoms with Crippen LogP contribution in [0.15, 0.2) is 24.3 Å². The van der Waals surface area contributed by atoms with Gasteiger partial charge in [-0.3, -0.25) is 4.79 Å². The van der Waals surface area contributed by atoms with Crippen molar-refractivity contribution in [3.05, 3.63) is 24.3 Å². The molecular weight excluding hydrogens is 358 g/mol. The van der Waals surface area contributed by atoms with E-state index in [0.29, 0.717) is 38.3 Å². The molecular formula is C17H27N3O5S. The number of carbonyl (C=O) groups excluding carboxylic acids is 1. The minimum atomic E-state index is -3.39. The molecule has 1 amide bonds. The molecule has 0 unspecified atom stereocenters. The smallest absolute Gasteiger partial charge is 0.281 e. The van der Waals surface area contributed by atoms with Gasteiger partial charge in [0, 0.05) is 33.2 Å². The second-order valence-electron chi connectivity index (χ2n) is 6.22. The highest BCUT2D eigenvalue weighted by Gasteiger charge is 2.29. The molecule has 0 saturated carbocycles. The molecule has 1 aromatic rings. The number of hydrogen-bond donors (Lipinski definition) is 1. The number of nitrogens with zero attached hydrogens (tertiary/aromatic N) is 2. The zero-order valence-electron chi connectivity index (χ0n) is 15.5. The van der Waals surface area contributed by atoms with Crippen LogP contribution in [0.2, 0.25) is 0 Å². The van der Waals surface area contributed by atoms with Crippen molar-refractivity contribution in [3.8, 4) is 11.5 Å². The van der Waals surface area contributed by atoms with Crippen molar-refractivity contribution in [2.45, 2.75) is 25.8 Å². The summed E-state index contributed by atoms with van der Waals surface area (Å²) in [4.78, 5) is 12.0. The van der Waals surface area contributed by atoms with E-state index >= 15 is 0 Å². The van der Waals surface area contributed by atoms with E-state index in [1.54, 1.807) is 24.3 Å². The number of hydrogen-bond acceptors (Lipinski definition) is 5. The minimum Gasteiger partial charge on any atom is -0.494 e. The Morgan fingerprint density at radius 2 is 1.69 bits per heavy atom. The van der Waals surface area contributed by atoms with Crippen LogP contribution in [-0.4, -0.2) is 69.4 Å². The molecule has 26 heavy (non-hydrogen) atoms. The molecule has 1 aliphatic rings. The van der Waals surface area contributed by atoms with Crippen molar-refractivity contribution in [1.82, 2.24) is 13.9 Å². The molecule has 1 aliphatic heterocycles. The van der Waals surface area contributed by atoms with Crippen molar-refractivity contribution < 1.29 is 22.7 Å². The summed E-state index contributed by atoms with van der Waals surface area (Å²) >= 11 is 0. The van der Waals surface area contributed by atoms with Crippen LogP contribution in [0.5, 0.6) is 11.5 Å². The molecule has 1 fully saturated rings. The highest BCUT2D eigenvalue weighted by atomic mass is 32.2. The number of rotatable bonds is 8. The average molecular weight is 385 g/mol. The molecule has 0 aliphatic carbocycles. The first-order valence-corrected chi connectivity index (χ1v) is 10.0. The Morgan fingerprint density at radius 1 is 1.15 bits per heavy atom. The number of piperidine rings is 1. The number of nitrogens with one attached hydrogen (secondary N) is 1. The van der Waals surface area contributed by atoms with E-state index in [0.717, 1.165) is 5.75 Å². The van der Waals surface area contributed by atoms with Gasteiger partial charge in [-0.15, -0.1) is 0 Å². The third-order valence-corrected chi connectivity index (χ3v) is 6.05. The third-order valence-electron chi connectivity index (χ3n) is 4.11. The molecule has 8 nitrogen and oxygen atoms in total. The molecule has 146 valence electrons. The Labute approximate surface area is 155 Å². The zero-order valence-corrected chi connectivity index (χ0v) is 16.3. The lowest BCUT2D eigenvalue weighted by Gasteiger charge is -2.33. The monoisotopic (exact) mass is 385 g/mol. The van der Waals surface area contributed by atoms with Gasteiger partial charge >= 0.3 is 0 Å². The Morgan fingerprint density at radius 3 is 2.19 bits per heavy atom. The van der Waals surface area contributed by atoms with E-state index in [2.05, 4.69) is 5.32 Å². The van der Waals surface area contributed by atoms with Crippen LogP contribution in [0.3, 0.4) is 0 Å². The predicted octanol–water partition coefficient (Wildman–Crippen LogP) is 0.851. The lowest BCUT2D eigenvalue weighted by atomic mass is 10.1. The third kappa shape index (κ3) is 5.58. The maximum absolute atomic E-state index is 12.1. The molecule has 1 aromatic carbocycles. The molecule has 9 heteroatoms. The van der Waals surface area contributed by atoms with Gasteiger partial charge in [-0.25, -0.2) is 0 Å². The molecule has 1 N–H and O–H groups in total. The van der Waals surface area contributed by atoms with Gasteiger partial charge in [-0.1, -0.05) is 0 Å². The molecule has 0 atom stereocenters. The van der Waals surface area contributed by atoms with Crippen LogP contribution in [0.4, 0.5) is 0 Å². The van der Waals surface area contributed by atoms with E-state index < -0.39 is 10.2 Å². The fourth-order valence-electron chi connectivity index (χ4n) is 2.68. The van der Waals surface area contributed by atoms with Crippen molar-refractivity contribution in [1.29, 1.82) is 0 Å². The molecule has 1 saturated heterocycles. The molecule has 0 aromatic heterocycles. The number of benzene rings is 1. The van der Waals surface area contributed by atoms with E-state index in [-0.39, 0.29) is 18.6 Å². The Balaban J connectivity index is 1.74. The summed E-state index contributed by atoms with van der Waals surface area (Å²) in [6.07, 6.45) is 1.17. The number of ether oxygens (including phenoxy) is 2. The first-order chi connectivity index (χ1) is 12.3. The van der Waals surface area contributed by atoms with Gasteiger partial charge < -0.3 is 14.8 Å². The largest absolute Gasteiger partial charge is 0.494 e. The highest BCUT2D eigenvalue weighted by molar-refractivity contribution is 7.86. The summed E-state index contributed by atoms with van der Waals surface area (Å²) in [5.74, 6) is 1.13. The lowest BCUT2D eigenvalue weighted by molar-refractivity contribution is -0.124. The van der Waals surface area contributed by atoms with E-state index in [1.165, 1.54) is 22.7 Å². The predicted molar refractivity (Wildman–Crippen MR) is 98.5 cm³/mol. The normalized spacial score (nSPS) is 16.5. The molecule has 1 heterocycles. The Hall–Kier alpha value is -1.84. The van der Waals surface area contributed by atoms with Crippen LogP contribution < -0.4 is 14.8 Å². The number of carbonyl (C=O) groups is 1. The standard InChI is InChI=1S/C17H27N3O5S/c1-4-24-15-5-7-16(8-6-15)25-13-17(21)18-14-9-11-20(12-10-14)26(22,23)19(2)3/h5-8,14H,4,9-13H2,1-3H3,(H,18,21). The van der Waals surface area contributed by atoms with Crippen molar-refractivity contribution >= 4 is 16.1 Å². The molecule has 0 bridgehead atoms. The lowest BCUT2D eigenvalue weighted by Crippen LogP contribution is -2.49. The summed E-state index contributed by atoms with van der Waals surface area (Å²) in [6.45, 7) is 3.22. The summed E-state index contributed by atoms with van der Waals surface area (Å²) in [5, 5.41) is 2.90. The maximum Gasteiger partial charge on any atom is 0.281 e. The van der Waals surface area contributed by atoms with E-state index in [1.807, 2.05) is 6.92 Å². The Bertz CT molecular complexity index is 683. The van der Waals surface area contributed by atoms with Crippen LogP contribution >= 0.6 is 0 Å². The fourth-order valence-corrected chi connectivity index (χ4v) is 3.81. The van der Waals surface area contributed by atoms with Gasteiger partial charge in [0.2, 0.25) is 0 Å². The fraction of sp³-hybridized carbons (Fsp3) is 0.588. The van der Waals surface area contributed by atoms with Crippen LogP contribution in [0, 0.1) is 0 Å². The van der Waals surface area contributed by atoms with Gasteiger partial charge in [-0.05, 0) is 44.0 Å². The summed E-state index contributed by atoms with van der Waals surface area (Å²) in [5.41, 5.74) is 0. The second-order valence-corrected chi connectivity index (χ2v) is 8.37.